The van der Waals surface area contributed by atoms with Gasteiger partial charge in [-0.3, -0.25) is 0 Å². The Balaban J connectivity index is 1.75. The highest BCUT2D eigenvalue weighted by molar-refractivity contribution is 7.91. The van der Waals surface area contributed by atoms with E-state index in [1.165, 1.54) is 19.2 Å². The van der Waals surface area contributed by atoms with Crippen molar-refractivity contribution in [2.24, 2.45) is 11.3 Å². The summed E-state index contributed by atoms with van der Waals surface area (Å²) < 4.78 is 41.6. The van der Waals surface area contributed by atoms with Crippen molar-refractivity contribution >= 4 is 50.2 Å². The van der Waals surface area contributed by atoms with E-state index >= 15 is 0 Å². The summed E-state index contributed by atoms with van der Waals surface area (Å²) in [4.78, 5) is -0.0180. The van der Waals surface area contributed by atoms with Crippen molar-refractivity contribution < 1.29 is 17.5 Å². The van der Waals surface area contributed by atoms with E-state index in [0.29, 0.717) is 10.1 Å². The molecule has 0 aliphatic heterocycles. The number of hydrogen-bond acceptors (Lipinski definition) is 3. The number of alkyl halides is 2. The van der Waals surface area contributed by atoms with E-state index in [4.69, 9.17) is 39.5 Å². The minimum Gasteiger partial charge on any atom is -0.354 e. The first-order valence-corrected chi connectivity index (χ1v) is 12.0. The Hall–Kier alpha value is -0.850. The lowest BCUT2D eigenvalue weighted by Crippen LogP contribution is -2.26. The smallest absolute Gasteiger partial charge is 0.207 e. The minimum absolute atomic E-state index is 0.0180. The normalized spacial score (nSPS) is 28.5. The molecule has 29 heavy (non-hydrogen) atoms. The second kappa shape index (κ2) is 7.38. The predicted octanol–water partition coefficient (Wildman–Crippen LogP) is 6.17. The van der Waals surface area contributed by atoms with Crippen LogP contribution in [0.25, 0.3) is 5.57 Å². The van der Waals surface area contributed by atoms with Gasteiger partial charge in [-0.2, -0.15) is 0 Å². The van der Waals surface area contributed by atoms with Gasteiger partial charge in [-0.15, -0.1) is 0 Å². The van der Waals surface area contributed by atoms with Crippen LogP contribution in [0.15, 0.2) is 57.0 Å². The monoisotopic (exact) mass is 476 g/mol. The summed E-state index contributed by atoms with van der Waals surface area (Å²) in [5.74, 6) is -0.199. The van der Waals surface area contributed by atoms with E-state index in [2.05, 4.69) is 0 Å². The lowest BCUT2D eigenvalue weighted by molar-refractivity contribution is 0.137. The zero-order valence-electron chi connectivity index (χ0n) is 15.7. The van der Waals surface area contributed by atoms with Crippen LogP contribution in [0.1, 0.15) is 31.2 Å². The number of halogens is 4. The van der Waals surface area contributed by atoms with E-state index in [0.717, 1.165) is 42.4 Å². The standard InChI is InChI=1S/C21H20Cl3FO3S/c1-28-21(24)11-18(22)15(8-19(21)23)17-10-20(6-7-20)9-16(17)13-2-4-14(5-3-13)29(26,27)12-25/h2-5,8,11,15H,6-7,9-10,12H2,1H3. The Labute approximate surface area is 185 Å². The van der Waals surface area contributed by atoms with E-state index in [1.807, 2.05) is 6.08 Å². The largest absolute Gasteiger partial charge is 0.354 e. The van der Waals surface area contributed by atoms with E-state index in [-0.39, 0.29) is 16.2 Å². The van der Waals surface area contributed by atoms with Gasteiger partial charge in [0, 0.05) is 18.1 Å². The highest BCUT2D eigenvalue weighted by atomic mass is 35.5. The fourth-order valence-electron chi connectivity index (χ4n) is 4.20. The van der Waals surface area contributed by atoms with Crippen LogP contribution in [0, 0.1) is 11.3 Å². The Morgan fingerprint density at radius 3 is 2.38 bits per heavy atom. The molecule has 2 atom stereocenters. The van der Waals surface area contributed by atoms with Crippen molar-refractivity contribution in [1.82, 2.24) is 0 Å². The van der Waals surface area contributed by atoms with Crippen LogP contribution in [-0.2, 0) is 14.6 Å². The Morgan fingerprint density at radius 1 is 1.17 bits per heavy atom. The first kappa shape index (κ1) is 21.4. The predicted molar refractivity (Wildman–Crippen MR) is 114 cm³/mol. The molecule has 0 amide bonds. The second-order valence-electron chi connectivity index (χ2n) is 7.98. The number of methoxy groups -OCH3 is 1. The van der Waals surface area contributed by atoms with Gasteiger partial charge in [0.15, 0.2) is 11.1 Å². The molecule has 3 aliphatic rings. The van der Waals surface area contributed by atoms with Crippen LogP contribution >= 0.6 is 34.8 Å². The third-order valence-corrected chi connectivity index (χ3v) is 8.69. The zero-order chi connectivity index (χ0) is 21.0. The summed E-state index contributed by atoms with van der Waals surface area (Å²) in [6, 6.07) is 5.00. The van der Waals surface area contributed by atoms with Crippen LogP contribution in [0.2, 0.25) is 0 Å². The van der Waals surface area contributed by atoms with Crippen molar-refractivity contribution in [3.63, 3.8) is 0 Å². The molecular formula is C21H20Cl3FO3S. The van der Waals surface area contributed by atoms with E-state index in [1.54, 1.807) is 18.2 Å². The molecule has 1 spiro atoms. The molecule has 8 heteroatoms. The molecule has 0 radical (unpaired) electrons. The van der Waals surface area contributed by atoms with Crippen LogP contribution < -0.4 is 0 Å². The van der Waals surface area contributed by atoms with Gasteiger partial charge in [0.05, 0.1) is 9.93 Å². The highest BCUT2D eigenvalue weighted by Crippen LogP contribution is 2.63. The van der Waals surface area contributed by atoms with Crippen molar-refractivity contribution in [3.05, 3.63) is 57.6 Å². The molecule has 2 unspecified atom stereocenters. The molecule has 0 bridgehead atoms. The number of rotatable bonds is 5. The topological polar surface area (TPSA) is 43.4 Å². The summed E-state index contributed by atoms with van der Waals surface area (Å²) >= 11 is 19.4. The molecule has 0 heterocycles. The maximum Gasteiger partial charge on any atom is 0.207 e. The van der Waals surface area contributed by atoms with E-state index in [9.17, 15) is 12.8 Å². The highest BCUT2D eigenvalue weighted by Gasteiger charge is 2.50. The number of benzene rings is 1. The van der Waals surface area contributed by atoms with Gasteiger partial charge in [0.25, 0.3) is 0 Å². The maximum atomic E-state index is 12.8. The average Bonchev–Trinajstić information content (AvgIpc) is 3.35. The van der Waals surface area contributed by atoms with Gasteiger partial charge >= 0.3 is 0 Å². The van der Waals surface area contributed by atoms with Crippen LogP contribution in [0.3, 0.4) is 0 Å². The first-order valence-electron chi connectivity index (χ1n) is 9.24. The SMILES string of the molecule is COC1(Cl)C=C(Cl)C(C2=C(c3ccc(S(=O)(=O)CF)cc3)CC3(CC3)C2)C=C1Cl. The quantitative estimate of drug-likeness (QED) is 0.476. The van der Waals surface area contributed by atoms with Gasteiger partial charge in [0.2, 0.25) is 9.84 Å². The summed E-state index contributed by atoms with van der Waals surface area (Å²) in [7, 11) is -2.41. The number of hydrogen-bond donors (Lipinski definition) is 0. The molecule has 0 saturated heterocycles. The molecule has 4 rings (SSSR count). The van der Waals surface area contributed by atoms with Gasteiger partial charge < -0.3 is 4.74 Å². The number of sulfone groups is 1. The van der Waals surface area contributed by atoms with Gasteiger partial charge in [0.1, 0.15) is 0 Å². The van der Waals surface area contributed by atoms with Crippen LogP contribution in [0.4, 0.5) is 4.39 Å². The molecule has 1 fully saturated rings. The van der Waals surface area contributed by atoms with Crippen molar-refractivity contribution in [2.45, 2.75) is 35.6 Å². The molecule has 3 aliphatic carbocycles. The van der Waals surface area contributed by atoms with Crippen LogP contribution in [-0.4, -0.2) is 26.6 Å². The fraction of sp³-hybridized carbons (Fsp3) is 0.429. The molecule has 1 aromatic rings. The average molecular weight is 478 g/mol. The lowest BCUT2D eigenvalue weighted by Gasteiger charge is -2.30. The maximum absolute atomic E-state index is 12.8. The second-order valence-corrected chi connectivity index (χ2v) is 11.3. The van der Waals surface area contributed by atoms with Crippen molar-refractivity contribution in [1.29, 1.82) is 0 Å². The van der Waals surface area contributed by atoms with E-state index < -0.39 is 20.9 Å². The first-order chi connectivity index (χ1) is 13.6. The molecule has 3 nitrogen and oxygen atoms in total. The van der Waals surface area contributed by atoms with Crippen LogP contribution in [0.5, 0.6) is 0 Å². The van der Waals surface area contributed by atoms with Gasteiger partial charge in [-0.1, -0.05) is 58.6 Å². The Morgan fingerprint density at radius 2 is 1.83 bits per heavy atom. The van der Waals surface area contributed by atoms with Crippen molar-refractivity contribution in [3.8, 4) is 0 Å². The zero-order valence-corrected chi connectivity index (χ0v) is 18.8. The number of ether oxygens (including phenoxy) is 1. The third kappa shape index (κ3) is 3.81. The van der Waals surface area contributed by atoms with Crippen molar-refractivity contribution in [2.75, 3.05) is 13.1 Å². The Kier molecular flexibility index (Phi) is 5.44. The molecule has 1 aromatic carbocycles. The summed E-state index contributed by atoms with van der Waals surface area (Å²) in [5, 5.41) is -0.342. The van der Waals surface area contributed by atoms with Gasteiger partial charge in [-0.05, 0) is 60.4 Å². The molecule has 156 valence electrons. The molecule has 0 N–H and O–H groups in total. The number of allylic oxidation sites excluding steroid dienone is 4. The Bertz CT molecular complexity index is 1040. The lowest BCUT2D eigenvalue weighted by atomic mass is 9.88. The summed E-state index contributed by atoms with van der Waals surface area (Å²) in [6.45, 7) is 0. The summed E-state index contributed by atoms with van der Waals surface area (Å²) in [6.07, 6.45) is 7.57. The molecule has 0 aromatic heterocycles. The molecular weight excluding hydrogens is 458 g/mol. The third-order valence-electron chi connectivity index (χ3n) is 6.10. The minimum atomic E-state index is -3.88. The van der Waals surface area contributed by atoms with Gasteiger partial charge in [-0.25, -0.2) is 12.8 Å². The fourth-order valence-corrected chi connectivity index (χ4v) is 5.72. The summed E-state index contributed by atoms with van der Waals surface area (Å²) in [5.41, 5.74) is 3.48. The molecule has 1 saturated carbocycles.